The molecular weight excluding hydrogens is 226 g/mol. The molecule has 0 bridgehead atoms. The summed E-state index contributed by atoms with van der Waals surface area (Å²) in [6.07, 6.45) is 3.95. The highest BCUT2D eigenvalue weighted by atomic mass is 15.2. The van der Waals surface area contributed by atoms with Crippen LogP contribution in [-0.2, 0) is 0 Å². The molecule has 0 spiro atoms. The lowest BCUT2D eigenvalue weighted by atomic mass is 10.2. The summed E-state index contributed by atoms with van der Waals surface area (Å²) in [5, 5.41) is 16.8. The van der Waals surface area contributed by atoms with Gasteiger partial charge in [-0.3, -0.25) is 4.98 Å². The SMILES string of the molecule is CN(CCC#N)c1ccc(-c2cccnc2)nn1. The first-order valence-electron chi connectivity index (χ1n) is 5.63. The van der Waals surface area contributed by atoms with Crippen LogP contribution < -0.4 is 4.90 Å². The van der Waals surface area contributed by atoms with Gasteiger partial charge in [0.15, 0.2) is 5.82 Å². The minimum Gasteiger partial charge on any atom is -0.357 e. The predicted molar refractivity (Wildman–Crippen MR) is 68.8 cm³/mol. The van der Waals surface area contributed by atoms with Crippen molar-refractivity contribution in [1.29, 1.82) is 5.26 Å². The Bertz CT molecular complexity index is 530. The molecule has 0 radical (unpaired) electrons. The average molecular weight is 239 g/mol. The molecule has 0 saturated carbocycles. The molecule has 0 aromatic carbocycles. The van der Waals surface area contributed by atoms with E-state index in [9.17, 15) is 0 Å². The number of rotatable bonds is 4. The van der Waals surface area contributed by atoms with Crippen LogP contribution in [0.1, 0.15) is 6.42 Å². The lowest BCUT2D eigenvalue weighted by molar-refractivity contribution is 0.860. The van der Waals surface area contributed by atoms with E-state index in [4.69, 9.17) is 5.26 Å². The Hall–Kier alpha value is -2.48. The summed E-state index contributed by atoms with van der Waals surface area (Å²) < 4.78 is 0. The zero-order chi connectivity index (χ0) is 12.8. The average Bonchev–Trinajstić information content (AvgIpc) is 2.46. The fraction of sp³-hybridized carbons (Fsp3) is 0.231. The van der Waals surface area contributed by atoms with Crippen molar-refractivity contribution in [3.05, 3.63) is 36.7 Å². The third-order valence-corrected chi connectivity index (χ3v) is 2.56. The van der Waals surface area contributed by atoms with Gasteiger partial charge in [-0.05, 0) is 24.3 Å². The molecule has 90 valence electrons. The molecule has 0 unspecified atom stereocenters. The largest absolute Gasteiger partial charge is 0.357 e. The summed E-state index contributed by atoms with van der Waals surface area (Å²) in [7, 11) is 1.89. The Balaban J connectivity index is 2.13. The molecule has 0 aliphatic carbocycles. The van der Waals surface area contributed by atoms with Crippen LogP contribution in [0.5, 0.6) is 0 Å². The van der Waals surface area contributed by atoms with Crippen molar-refractivity contribution in [3.8, 4) is 17.3 Å². The molecule has 0 aliphatic heterocycles. The van der Waals surface area contributed by atoms with Gasteiger partial charge in [0.25, 0.3) is 0 Å². The second kappa shape index (κ2) is 5.73. The van der Waals surface area contributed by atoms with Gasteiger partial charge < -0.3 is 4.90 Å². The fourth-order valence-electron chi connectivity index (χ4n) is 1.53. The van der Waals surface area contributed by atoms with Crippen LogP contribution in [-0.4, -0.2) is 28.8 Å². The van der Waals surface area contributed by atoms with Gasteiger partial charge in [0.2, 0.25) is 0 Å². The van der Waals surface area contributed by atoms with E-state index in [2.05, 4.69) is 21.3 Å². The van der Waals surface area contributed by atoms with Crippen molar-refractivity contribution in [1.82, 2.24) is 15.2 Å². The number of nitriles is 1. The minimum absolute atomic E-state index is 0.475. The summed E-state index contributed by atoms with van der Waals surface area (Å²) in [6.45, 7) is 0.650. The van der Waals surface area contributed by atoms with Gasteiger partial charge in [0.1, 0.15) is 0 Å². The van der Waals surface area contributed by atoms with Gasteiger partial charge in [0.05, 0.1) is 18.2 Å². The maximum Gasteiger partial charge on any atom is 0.151 e. The van der Waals surface area contributed by atoms with Crippen LogP contribution in [0.25, 0.3) is 11.3 Å². The maximum atomic E-state index is 8.54. The Morgan fingerprint density at radius 1 is 1.28 bits per heavy atom. The first-order valence-corrected chi connectivity index (χ1v) is 5.63. The summed E-state index contributed by atoms with van der Waals surface area (Å²) in [5.41, 5.74) is 1.73. The third kappa shape index (κ3) is 2.80. The molecule has 0 saturated heterocycles. The van der Waals surface area contributed by atoms with Crippen LogP contribution in [0, 0.1) is 11.3 Å². The highest BCUT2D eigenvalue weighted by Crippen LogP contribution is 2.16. The van der Waals surface area contributed by atoms with Crippen LogP contribution in [0.3, 0.4) is 0 Å². The first-order chi connectivity index (χ1) is 8.81. The molecule has 5 heteroatoms. The van der Waals surface area contributed by atoms with E-state index in [1.54, 1.807) is 12.4 Å². The normalized spacial score (nSPS) is 9.78. The number of pyridine rings is 1. The minimum atomic E-state index is 0.475. The molecule has 0 atom stereocenters. The number of aromatic nitrogens is 3. The van der Waals surface area contributed by atoms with Crippen LogP contribution in [0.15, 0.2) is 36.7 Å². The van der Waals surface area contributed by atoms with Crippen LogP contribution >= 0.6 is 0 Å². The van der Waals surface area contributed by atoms with E-state index < -0.39 is 0 Å². The third-order valence-electron chi connectivity index (χ3n) is 2.56. The second-order valence-corrected chi connectivity index (χ2v) is 3.85. The van der Waals surface area contributed by atoms with Crippen LogP contribution in [0.2, 0.25) is 0 Å². The van der Waals surface area contributed by atoms with Gasteiger partial charge in [-0.15, -0.1) is 10.2 Å². The molecule has 0 fully saturated rings. The molecule has 5 nitrogen and oxygen atoms in total. The molecule has 2 heterocycles. The molecule has 0 N–H and O–H groups in total. The van der Waals surface area contributed by atoms with Crippen LogP contribution in [0.4, 0.5) is 5.82 Å². The smallest absolute Gasteiger partial charge is 0.151 e. The Labute approximate surface area is 106 Å². The zero-order valence-corrected chi connectivity index (χ0v) is 10.1. The molecule has 18 heavy (non-hydrogen) atoms. The fourth-order valence-corrected chi connectivity index (χ4v) is 1.53. The van der Waals surface area contributed by atoms with Gasteiger partial charge >= 0.3 is 0 Å². The summed E-state index contributed by atoms with van der Waals surface area (Å²) in [5.74, 6) is 0.762. The molecule has 2 rings (SSSR count). The number of hydrogen-bond acceptors (Lipinski definition) is 5. The maximum absolute atomic E-state index is 8.54. The van der Waals surface area contributed by atoms with Crippen molar-refractivity contribution in [2.75, 3.05) is 18.5 Å². The highest BCUT2D eigenvalue weighted by Gasteiger charge is 2.04. The predicted octanol–water partition coefficient (Wildman–Crippen LogP) is 1.89. The second-order valence-electron chi connectivity index (χ2n) is 3.85. The van der Waals surface area contributed by atoms with Crippen molar-refractivity contribution < 1.29 is 0 Å². The van der Waals surface area contributed by atoms with Gasteiger partial charge in [0, 0.05) is 31.5 Å². The monoisotopic (exact) mass is 239 g/mol. The van der Waals surface area contributed by atoms with Gasteiger partial charge in [-0.1, -0.05) is 0 Å². The van der Waals surface area contributed by atoms with E-state index in [0.29, 0.717) is 13.0 Å². The summed E-state index contributed by atoms with van der Waals surface area (Å²) in [4.78, 5) is 5.95. The summed E-state index contributed by atoms with van der Waals surface area (Å²) in [6, 6.07) is 9.71. The van der Waals surface area contributed by atoms with Crippen molar-refractivity contribution in [3.63, 3.8) is 0 Å². The van der Waals surface area contributed by atoms with Crippen molar-refractivity contribution >= 4 is 5.82 Å². The van der Waals surface area contributed by atoms with E-state index in [1.165, 1.54) is 0 Å². The number of anilines is 1. The molecular formula is C13H13N5. The molecule has 2 aromatic rings. The van der Waals surface area contributed by atoms with Gasteiger partial charge in [-0.25, -0.2) is 0 Å². The lowest BCUT2D eigenvalue weighted by Gasteiger charge is -2.15. The lowest BCUT2D eigenvalue weighted by Crippen LogP contribution is -2.19. The number of hydrogen-bond donors (Lipinski definition) is 0. The zero-order valence-electron chi connectivity index (χ0n) is 10.1. The highest BCUT2D eigenvalue weighted by molar-refractivity contribution is 5.58. The Kier molecular flexibility index (Phi) is 3.82. The first kappa shape index (κ1) is 12.0. The van der Waals surface area contributed by atoms with E-state index in [0.717, 1.165) is 17.1 Å². The summed E-state index contributed by atoms with van der Waals surface area (Å²) >= 11 is 0. The molecule has 2 aromatic heterocycles. The number of nitrogens with zero attached hydrogens (tertiary/aromatic N) is 5. The Morgan fingerprint density at radius 3 is 2.78 bits per heavy atom. The standard InChI is InChI=1S/C13H13N5/c1-18(9-3-7-14)13-6-5-12(16-17-13)11-4-2-8-15-10-11/h2,4-6,8,10H,3,9H2,1H3. The quantitative estimate of drug-likeness (QED) is 0.815. The topological polar surface area (TPSA) is 65.7 Å². The van der Waals surface area contributed by atoms with E-state index in [-0.39, 0.29) is 0 Å². The molecule has 0 amide bonds. The Morgan fingerprint density at radius 2 is 2.17 bits per heavy atom. The van der Waals surface area contributed by atoms with Gasteiger partial charge in [-0.2, -0.15) is 5.26 Å². The van der Waals surface area contributed by atoms with E-state index in [1.807, 2.05) is 36.2 Å². The van der Waals surface area contributed by atoms with E-state index >= 15 is 0 Å². The van der Waals surface area contributed by atoms with Crippen molar-refractivity contribution in [2.24, 2.45) is 0 Å². The van der Waals surface area contributed by atoms with Crippen molar-refractivity contribution in [2.45, 2.75) is 6.42 Å². The molecule has 0 aliphatic rings.